The van der Waals surface area contributed by atoms with Gasteiger partial charge in [-0.05, 0) is 22.0 Å². The summed E-state index contributed by atoms with van der Waals surface area (Å²) in [6.07, 6.45) is 1.71. The van der Waals surface area contributed by atoms with Gasteiger partial charge in [0, 0.05) is 30.6 Å². The summed E-state index contributed by atoms with van der Waals surface area (Å²) in [4.78, 5) is 3.90. The lowest BCUT2D eigenvalue weighted by molar-refractivity contribution is 0.412. The molecule has 0 aromatic heterocycles. The first-order valence-corrected chi connectivity index (χ1v) is 4.53. The lowest BCUT2D eigenvalue weighted by Crippen LogP contribution is -1.95. The zero-order valence-corrected chi connectivity index (χ0v) is 9.13. The van der Waals surface area contributed by atoms with Crippen LogP contribution in [0.2, 0.25) is 0 Å². The van der Waals surface area contributed by atoms with Gasteiger partial charge in [-0.2, -0.15) is 0 Å². The Balaban J connectivity index is 3.20. The van der Waals surface area contributed by atoms with E-state index in [1.807, 2.05) is 6.07 Å². The van der Waals surface area contributed by atoms with Crippen molar-refractivity contribution in [3.05, 3.63) is 22.2 Å². The topological polar surface area (TPSA) is 47.6 Å². The van der Waals surface area contributed by atoms with Crippen molar-refractivity contribution in [2.24, 2.45) is 4.99 Å². The molecule has 0 heterocycles. The number of methoxy groups -OCH3 is 1. The quantitative estimate of drug-likeness (QED) is 0.638. The maximum Gasteiger partial charge on any atom is 0.135 e. The lowest BCUT2D eigenvalue weighted by Gasteiger charge is -2.06. The van der Waals surface area contributed by atoms with Gasteiger partial charge in [-0.1, -0.05) is 0 Å². The molecule has 0 amide bonds. The van der Waals surface area contributed by atoms with Crippen LogP contribution in [-0.4, -0.2) is 20.4 Å². The van der Waals surface area contributed by atoms with Gasteiger partial charge >= 0.3 is 0 Å². The summed E-state index contributed by atoms with van der Waals surface area (Å²) < 4.78 is 5.96. The summed E-state index contributed by atoms with van der Waals surface area (Å²) in [5.74, 6) is 0.728. The Morgan fingerprint density at radius 2 is 2.23 bits per heavy atom. The normalized spacial score (nSPS) is 10.7. The molecule has 70 valence electrons. The molecule has 0 unspecified atom stereocenters. The maximum atomic E-state index is 5.76. The average molecular weight is 243 g/mol. The van der Waals surface area contributed by atoms with Crippen LogP contribution >= 0.6 is 15.9 Å². The van der Waals surface area contributed by atoms with Crippen LogP contribution < -0.4 is 10.5 Å². The number of nitrogen functional groups attached to an aromatic ring is 1. The zero-order chi connectivity index (χ0) is 9.84. The van der Waals surface area contributed by atoms with E-state index in [4.69, 9.17) is 10.5 Å². The highest BCUT2D eigenvalue weighted by molar-refractivity contribution is 9.10. The minimum Gasteiger partial charge on any atom is -0.495 e. The number of ether oxygens (including phenoxy) is 1. The number of benzene rings is 1. The van der Waals surface area contributed by atoms with Crippen LogP contribution in [0.15, 0.2) is 21.6 Å². The number of hydrogen-bond acceptors (Lipinski definition) is 3. The van der Waals surface area contributed by atoms with Crippen molar-refractivity contribution in [1.29, 1.82) is 0 Å². The SMILES string of the molecule is CN=Cc1cc(Br)c(OC)cc1N. The largest absolute Gasteiger partial charge is 0.495 e. The van der Waals surface area contributed by atoms with Gasteiger partial charge in [-0.3, -0.25) is 4.99 Å². The molecule has 0 atom stereocenters. The van der Waals surface area contributed by atoms with E-state index in [-0.39, 0.29) is 0 Å². The van der Waals surface area contributed by atoms with Gasteiger partial charge in [0.15, 0.2) is 0 Å². The lowest BCUT2D eigenvalue weighted by atomic mass is 10.2. The highest BCUT2D eigenvalue weighted by Gasteiger charge is 2.04. The zero-order valence-electron chi connectivity index (χ0n) is 7.54. The maximum absolute atomic E-state index is 5.76. The van der Waals surface area contributed by atoms with E-state index in [9.17, 15) is 0 Å². The molecule has 0 spiro atoms. The van der Waals surface area contributed by atoms with Crippen molar-refractivity contribution in [2.75, 3.05) is 19.9 Å². The van der Waals surface area contributed by atoms with Gasteiger partial charge in [0.05, 0.1) is 11.6 Å². The van der Waals surface area contributed by atoms with Crippen molar-refractivity contribution in [1.82, 2.24) is 0 Å². The van der Waals surface area contributed by atoms with Gasteiger partial charge in [-0.15, -0.1) is 0 Å². The number of anilines is 1. The molecule has 1 aromatic rings. The van der Waals surface area contributed by atoms with E-state index in [2.05, 4.69) is 20.9 Å². The van der Waals surface area contributed by atoms with E-state index in [1.165, 1.54) is 0 Å². The number of rotatable bonds is 2. The Kier molecular flexibility index (Phi) is 3.31. The van der Waals surface area contributed by atoms with Gasteiger partial charge < -0.3 is 10.5 Å². The Morgan fingerprint density at radius 1 is 1.54 bits per heavy atom. The van der Waals surface area contributed by atoms with E-state index in [1.54, 1.807) is 26.4 Å². The summed E-state index contributed by atoms with van der Waals surface area (Å²) in [5.41, 5.74) is 7.30. The van der Waals surface area contributed by atoms with Crippen LogP contribution in [-0.2, 0) is 0 Å². The molecular weight excluding hydrogens is 232 g/mol. The molecular formula is C9H11BrN2O. The van der Waals surface area contributed by atoms with E-state index in [0.29, 0.717) is 5.69 Å². The second kappa shape index (κ2) is 4.28. The van der Waals surface area contributed by atoms with Crippen molar-refractivity contribution >= 4 is 27.8 Å². The third-order valence-electron chi connectivity index (χ3n) is 1.63. The third kappa shape index (κ3) is 2.21. The first-order chi connectivity index (χ1) is 6.19. The fraction of sp³-hybridized carbons (Fsp3) is 0.222. The number of nitrogens with two attached hydrogens (primary N) is 1. The molecule has 0 saturated carbocycles. The molecule has 1 rings (SSSR count). The first-order valence-electron chi connectivity index (χ1n) is 3.74. The molecule has 0 aliphatic carbocycles. The minimum atomic E-state index is 0.658. The van der Waals surface area contributed by atoms with Gasteiger partial charge in [-0.25, -0.2) is 0 Å². The Labute approximate surface area is 85.7 Å². The smallest absolute Gasteiger partial charge is 0.135 e. The molecule has 0 saturated heterocycles. The Bertz CT molecular complexity index is 337. The number of hydrogen-bond donors (Lipinski definition) is 1. The first kappa shape index (κ1) is 10.1. The van der Waals surface area contributed by atoms with Gasteiger partial charge in [0.25, 0.3) is 0 Å². The van der Waals surface area contributed by atoms with Crippen molar-refractivity contribution in [3.8, 4) is 5.75 Å². The Hall–Kier alpha value is -1.03. The van der Waals surface area contributed by atoms with Crippen molar-refractivity contribution in [2.45, 2.75) is 0 Å². The van der Waals surface area contributed by atoms with E-state index >= 15 is 0 Å². The van der Waals surface area contributed by atoms with E-state index in [0.717, 1.165) is 15.8 Å². The molecule has 2 N–H and O–H groups in total. The van der Waals surface area contributed by atoms with Crippen LogP contribution in [0.25, 0.3) is 0 Å². The van der Waals surface area contributed by atoms with Crippen LogP contribution in [0.4, 0.5) is 5.69 Å². The summed E-state index contributed by atoms with van der Waals surface area (Å²) in [6.45, 7) is 0. The summed E-state index contributed by atoms with van der Waals surface area (Å²) in [5, 5.41) is 0. The molecule has 1 aromatic carbocycles. The van der Waals surface area contributed by atoms with Crippen LogP contribution in [0.5, 0.6) is 5.75 Å². The molecule has 0 radical (unpaired) electrons. The highest BCUT2D eigenvalue weighted by Crippen LogP contribution is 2.29. The molecule has 0 aliphatic rings. The molecule has 13 heavy (non-hydrogen) atoms. The van der Waals surface area contributed by atoms with Gasteiger partial charge in [0.2, 0.25) is 0 Å². The van der Waals surface area contributed by atoms with Crippen molar-refractivity contribution in [3.63, 3.8) is 0 Å². The molecule has 0 aliphatic heterocycles. The van der Waals surface area contributed by atoms with Crippen LogP contribution in [0.3, 0.4) is 0 Å². The monoisotopic (exact) mass is 242 g/mol. The van der Waals surface area contributed by atoms with Crippen LogP contribution in [0, 0.1) is 0 Å². The van der Waals surface area contributed by atoms with Crippen molar-refractivity contribution < 1.29 is 4.74 Å². The summed E-state index contributed by atoms with van der Waals surface area (Å²) in [6, 6.07) is 3.64. The molecule has 3 nitrogen and oxygen atoms in total. The predicted octanol–water partition coefficient (Wildman–Crippen LogP) is 2.09. The van der Waals surface area contributed by atoms with Gasteiger partial charge in [0.1, 0.15) is 5.75 Å². The fourth-order valence-corrected chi connectivity index (χ4v) is 1.51. The van der Waals surface area contributed by atoms with Crippen LogP contribution in [0.1, 0.15) is 5.56 Å². The predicted molar refractivity (Wildman–Crippen MR) is 58.6 cm³/mol. The summed E-state index contributed by atoms with van der Waals surface area (Å²) >= 11 is 3.37. The van der Waals surface area contributed by atoms with E-state index < -0.39 is 0 Å². The minimum absolute atomic E-state index is 0.658. The number of aliphatic imine (C=N–C) groups is 1. The summed E-state index contributed by atoms with van der Waals surface area (Å²) in [7, 11) is 3.31. The molecule has 0 bridgehead atoms. The second-order valence-corrected chi connectivity index (χ2v) is 3.36. The second-order valence-electron chi connectivity index (χ2n) is 2.50. The third-order valence-corrected chi connectivity index (χ3v) is 2.25. The number of halogens is 1. The highest BCUT2D eigenvalue weighted by atomic mass is 79.9. The Morgan fingerprint density at radius 3 is 2.77 bits per heavy atom. The fourth-order valence-electron chi connectivity index (χ4n) is 0.992. The number of nitrogens with zero attached hydrogens (tertiary/aromatic N) is 1. The molecule has 0 fully saturated rings. The average Bonchev–Trinajstić information content (AvgIpc) is 2.11. The standard InChI is InChI=1S/C9H11BrN2O/c1-12-5-6-3-7(10)9(13-2)4-8(6)11/h3-5H,11H2,1-2H3. The molecule has 4 heteroatoms.